The van der Waals surface area contributed by atoms with Crippen LogP contribution in [-0.2, 0) is 9.53 Å². The average Bonchev–Trinajstić information content (AvgIpc) is 2.69. The van der Waals surface area contributed by atoms with Gasteiger partial charge in [-0.15, -0.1) is 0 Å². The van der Waals surface area contributed by atoms with Crippen molar-refractivity contribution in [1.29, 1.82) is 0 Å². The van der Waals surface area contributed by atoms with Crippen molar-refractivity contribution >= 4 is 27.8 Å². The van der Waals surface area contributed by atoms with Gasteiger partial charge >= 0.3 is 5.97 Å². The first-order chi connectivity index (χ1) is 8.69. The van der Waals surface area contributed by atoms with E-state index in [1.165, 1.54) is 7.11 Å². The van der Waals surface area contributed by atoms with Crippen molar-refractivity contribution in [2.75, 3.05) is 7.11 Å². The zero-order valence-corrected chi connectivity index (χ0v) is 13.4. The summed E-state index contributed by atoms with van der Waals surface area (Å²) in [5, 5.41) is 2.68. The predicted molar refractivity (Wildman–Crippen MR) is 76.1 cm³/mol. The van der Waals surface area contributed by atoms with Gasteiger partial charge in [-0.3, -0.25) is 4.79 Å². The molecule has 0 aromatic carbocycles. The van der Waals surface area contributed by atoms with Crippen molar-refractivity contribution in [3.8, 4) is 0 Å². The Morgan fingerprint density at radius 3 is 2.47 bits per heavy atom. The predicted octanol–water partition coefficient (Wildman–Crippen LogP) is 2.51. The van der Waals surface area contributed by atoms with E-state index in [-0.39, 0.29) is 11.9 Å². The van der Waals surface area contributed by atoms with Crippen molar-refractivity contribution in [3.63, 3.8) is 0 Å². The minimum absolute atomic E-state index is 0.147. The lowest BCUT2D eigenvalue weighted by atomic mass is 10.1. The van der Waals surface area contributed by atoms with Crippen LogP contribution >= 0.6 is 15.9 Å². The Hall–Kier alpha value is -1.30. The Morgan fingerprint density at radius 2 is 2.00 bits per heavy atom. The number of nitrogens with one attached hydrogen (secondary N) is 1. The molecule has 0 radical (unpaired) electrons. The number of methoxy groups -OCH3 is 1. The molecule has 6 heteroatoms. The molecule has 0 spiro atoms. The fourth-order valence-electron chi connectivity index (χ4n) is 1.71. The molecular weight excluding hydrogens is 312 g/mol. The zero-order valence-electron chi connectivity index (χ0n) is 11.8. The molecule has 0 fully saturated rings. The van der Waals surface area contributed by atoms with Gasteiger partial charge in [0.25, 0.3) is 5.91 Å². The number of carbonyl (C=O) groups is 2. The Kier molecular flexibility index (Phi) is 4.79. The summed E-state index contributed by atoms with van der Waals surface area (Å²) in [7, 11) is 1.30. The molecular formula is C13H19BrN2O3. The largest absolute Gasteiger partial charge is 0.467 e. The van der Waals surface area contributed by atoms with Gasteiger partial charge in [0.1, 0.15) is 11.2 Å². The van der Waals surface area contributed by atoms with Gasteiger partial charge in [0.15, 0.2) is 0 Å². The summed E-state index contributed by atoms with van der Waals surface area (Å²) in [4.78, 5) is 23.8. The van der Waals surface area contributed by atoms with E-state index in [2.05, 4.69) is 26.0 Å². The van der Waals surface area contributed by atoms with Crippen LogP contribution in [0.2, 0.25) is 0 Å². The van der Waals surface area contributed by atoms with Gasteiger partial charge in [-0.2, -0.15) is 0 Å². The van der Waals surface area contributed by atoms with Crippen LogP contribution in [0.25, 0.3) is 0 Å². The highest BCUT2D eigenvalue weighted by molar-refractivity contribution is 9.10. The Bertz CT molecular complexity index is 492. The van der Waals surface area contributed by atoms with E-state index >= 15 is 0 Å². The molecule has 5 nitrogen and oxygen atoms in total. The normalized spacial score (nSPS) is 11.5. The molecule has 0 aliphatic rings. The van der Waals surface area contributed by atoms with E-state index in [9.17, 15) is 9.59 Å². The minimum atomic E-state index is -1.07. The average molecular weight is 331 g/mol. The number of amides is 1. The molecule has 106 valence electrons. The topological polar surface area (TPSA) is 60.3 Å². The van der Waals surface area contributed by atoms with Crippen molar-refractivity contribution in [1.82, 2.24) is 9.88 Å². The Morgan fingerprint density at radius 1 is 1.42 bits per heavy atom. The van der Waals surface area contributed by atoms with Crippen LogP contribution in [0.15, 0.2) is 16.7 Å². The molecule has 1 aromatic heterocycles. The first-order valence-corrected chi connectivity index (χ1v) is 6.76. The minimum Gasteiger partial charge on any atom is -0.467 e. The standard InChI is InChI=1S/C13H19BrN2O3/c1-8(2)16-7-9(14)6-10(16)11(17)15-13(3,4)12(18)19-5/h6-8H,1-5H3,(H,15,17). The summed E-state index contributed by atoms with van der Waals surface area (Å²) in [5.41, 5.74) is -0.566. The van der Waals surface area contributed by atoms with Crippen LogP contribution in [-0.4, -0.2) is 29.1 Å². The van der Waals surface area contributed by atoms with Crippen molar-refractivity contribution in [3.05, 3.63) is 22.4 Å². The number of ether oxygens (including phenoxy) is 1. The molecule has 1 N–H and O–H groups in total. The molecule has 0 saturated carbocycles. The number of hydrogen-bond acceptors (Lipinski definition) is 3. The number of rotatable bonds is 4. The monoisotopic (exact) mass is 330 g/mol. The summed E-state index contributed by atoms with van der Waals surface area (Å²) >= 11 is 3.35. The van der Waals surface area contributed by atoms with E-state index in [0.29, 0.717) is 5.69 Å². The highest BCUT2D eigenvalue weighted by Gasteiger charge is 2.31. The maximum Gasteiger partial charge on any atom is 0.330 e. The number of halogens is 1. The molecule has 0 atom stereocenters. The van der Waals surface area contributed by atoms with Gasteiger partial charge in [-0.1, -0.05) is 0 Å². The molecule has 0 bridgehead atoms. The third-order valence-electron chi connectivity index (χ3n) is 2.73. The van der Waals surface area contributed by atoms with Gasteiger partial charge < -0.3 is 14.6 Å². The quantitative estimate of drug-likeness (QED) is 0.863. The van der Waals surface area contributed by atoms with Crippen molar-refractivity contribution in [2.24, 2.45) is 0 Å². The molecule has 1 heterocycles. The van der Waals surface area contributed by atoms with E-state index in [4.69, 9.17) is 0 Å². The fourth-order valence-corrected chi connectivity index (χ4v) is 2.15. The summed E-state index contributed by atoms with van der Waals surface area (Å²) in [6.45, 7) is 7.17. The maximum atomic E-state index is 12.3. The van der Waals surface area contributed by atoms with E-state index < -0.39 is 11.5 Å². The second-order valence-corrected chi connectivity index (χ2v) is 6.03. The third kappa shape index (κ3) is 3.59. The van der Waals surface area contributed by atoms with E-state index in [1.807, 2.05) is 24.6 Å². The zero-order chi connectivity index (χ0) is 14.8. The molecule has 0 saturated heterocycles. The second-order valence-electron chi connectivity index (χ2n) is 5.12. The fraction of sp³-hybridized carbons (Fsp3) is 0.538. The molecule has 19 heavy (non-hydrogen) atoms. The van der Waals surface area contributed by atoms with E-state index in [0.717, 1.165) is 4.47 Å². The number of aromatic nitrogens is 1. The van der Waals surface area contributed by atoms with Gasteiger partial charge in [0, 0.05) is 16.7 Å². The number of carbonyl (C=O) groups excluding carboxylic acids is 2. The van der Waals surface area contributed by atoms with Gasteiger partial charge in [0.05, 0.1) is 7.11 Å². The van der Waals surface area contributed by atoms with Gasteiger partial charge in [-0.05, 0) is 49.7 Å². The summed E-state index contributed by atoms with van der Waals surface area (Å²) in [6, 6.07) is 1.87. The van der Waals surface area contributed by atoms with Crippen LogP contribution in [0.5, 0.6) is 0 Å². The van der Waals surface area contributed by atoms with Crippen LogP contribution in [0, 0.1) is 0 Å². The molecule has 0 unspecified atom stereocenters. The maximum absolute atomic E-state index is 12.3. The molecule has 1 amide bonds. The first kappa shape index (κ1) is 15.8. The van der Waals surface area contributed by atoms with E-state index in [1.54, 1.807) is 19.9 Å². The lowest BCUT2D eigenvalue weighted by Crippen LogP contribution is -2.50. The summed E-state index contributed by atoms with van der Waals surface area (Å²) < 4.78 is 7.33. The third-order valence-corrected chi connectivity index (χ3v) is 3.16. The van der Waals surface area contributed by atoms with Crippen LogP contribution in [0.4, 0.5) is 0 Å². The molecule has 0 aliphatic heterocycles. The molecule has 1 aromatic rings. The lowest BCUT2D eigenvalue weighted by Gasteiger charge is -2.23. The highest BCUT2D eigenvalue weighted by Crippen LogP contribution is 2.20. The SMILES string of the molecule is COC(=O)C(C)(C)NC(=O)c1cc(Br)cn1C(C)C. The number of nitrogens with zero attached hydrogens (tertiary/aromatic N) is 1. The summed E-state index contributed by atoms with van der Waals surface area (Å²) in [6.07, 6.45) is 1.84. The van der Waals surface area contributed by atoms with Gasteiger partial charge in [0.2, 0.25) is 0 Å². The summed E-state index contributed by atoms with van der Waals surface area (Å²) in [5.74, 6) is -0.794. The van der Waals surface area contributed by atoms with Crippen LogP contribution in [0.3, 0.4) is 0 Å². The smallest absolute Gasteiger partial charge is 0.330 e. The highest BCUT2D eigenvalue weighted by atomic mass is 79.9. The van der Waals surface area contributed by atoms with Crippen molar-refractivity contribution in [2.45, 2.75) is 39.3 Å². The number of hydrogen-bond donors (Lipinski definition) is 1. The molecule has 0 aliphatic carbocycles. The number of esters is 1. The Labute approximate surface area is 121 Å². The lowest BCUT2D eigenvalue weighted by molar-refractivity contribution is -0.146. The van der Waals surface area contributed by atoms with Crippen LogP contribution in [0.1, 0.15) is 44.2 Å². The Balaban J connectivity index is 2.99. The second kappa shape index (κ2) is 5.77. The van der Waals surface area contributed by atoms with Crippen molar-refractivity contribution < 1.29 is 14.3 Å². The first-order valence-electron chi connectivity index (χ1n) is 5.97. The van der Waals surface area contributed by atoms with Crippen LogP contribution < -0.4 is 5.32 Å². The van der Waals surface area contributed by atoms with Gasteiger partial charge in [-0.25, -0.2) is 4.79 Å². The molecule has 1 rings (SSSR count).